The lowest BCUT2D eigenvalue weighted by atomic mass is 10.2. The van der Waals surface area contributed by atoms with Crippen LogP contribution in [0, 0.1) is 6.92 Å². The lowest BCUT2D eigenvalue weighted by Gasteiger charge is -2.21. The lowest BCUT2D eigenvalue weighted by molar-refractivity contribution is 0.131. The Balaban J connectivity index is 1.91. The van der Waals surface area contributed by atoms with Crippen LogP contribution in [0.5, 0.6) is 5.75 Å². The van der Waals surface area contributed by atoms with E-state index in [4.69, 9.17) is 4.74 Å². The van der Waals surface area contributed by atoms with Crippen molar-refractivity contribution in [2.24, 2.45) is 0 Å². The Kier molecular flexibility index (Phi) is 3.49. The van der Waals surface area contributed by atoms with Crippen molar-refractivity contribution in [2.75, 3.05) is 0 Å². The predicted octanol–water partition coefficient (Wildman–Crippen LogP) is 4.63. The summed E-state index contributed by atoms with van der Waals surface area (Å²) >= 11 is 1.71. The zero-order chi connectivity index (χ0) is 15.0. The molecule has 21 heavy (non-hydrogen) atoms. The molecular weight excluding hydrogens is 280 g/mol. The first-order valence-electron chi connectivity index (χ1n) is 7.09. The Hall–Kier alpha value is -1.81. The van der Waals surface area contributed by atoms with E-state index in [1.54, 1.807) is 11.3 Å². The highest BCUT2D eigenvalue weighted by Crippen LogP contribution is 2.26. The maximum Gasteiger partial charge on any atom is 0.120 e. The van der Waals surface area contributed by atoms with Crippen LogP contribution < -0.4 is 4.74 Å². The molecule has 0 aliphatic rings. The Morgan fingerprint density at radius 3 is 2.71 bits per heavy atom. The number of nitrogens with zero attached hydrogens (tertiary/aromatic N) is 2. The first-order valence-corrected chi connectivity index (χ1v) is 7.97. The molecule has 2 aromatic heterocycles. The number of thiazole rings is 1. The number of aromatic nitrogens is 2. The van der Waals surface area contributed by atoms with Gasteiger partial charge in [-0.1, -0.05) is 0 Å². The smallest absolute Gasteiger partial charge is 0.120 e. The van der Waals surface area contributed by atoms with Gasteiger partial charge >= 0.3 is 0 Å². The average Bonchev–Trinajstić information content (AvgIpc) is 2.96. The van der Waals surface area contributed by atoms with Gasteiger partial charge in [-0.3, -0.25) is 0 Å². The molecule has 0 bridgehead atoms. The first-order chi connectivity index (χ1) is 9.92. The molecule has 0 atom stereocenters. The minimum Gasteiger partial charge on any atom is -0.488 e. The highest BCUT2D eigenvalue weighted by atomic mass is 32.1. The average molecular weight is 300 g/mol. The third kappa shape index (κ3) is 3.10. The van der Waals surface area contributed by atoms with E-state index in [2.05, 4.69) is 61.6 Å². The highest BCUT2D eigenvalue weighted by molar-refractivity contribution is 7.09. The fraction of sp³-hybridized carbons (Fsp3) is 0.353. The molecule has 110 valence electrons. The largest absolute Gasteiger partial charge is 0.488 e. The molecule has 0 aliphatic heterocycles. The Labute approximate surface area is 129 Å². The summed E-state index contributed by atoms with van der Waals surface area (Å²) in [5.41, 5.74) is 4.08. The van der Waals surface area contributed by atoms with E-state index in [1.165, 1.54) is 15.8 Å². The molecule has 0 radical (unpaired) electrons. The normalized spacial score (nSPS) is 12.0. The van der Waals surface area contributed by atoms with Crippen molar-refractivity contribution in [3.8, 4) is 5.75 Å². The van der Waals surface area contributed by atoms with Gasteiger partial charge in [-0.25, -0.2) is 4.98 Å². The molecule has 1 aromatic carbocycles. The van der Waals surface area contributed by atoms with E-state index in [1.807, 2.05) is 11.6 Å². The SMILES string of the molecule is Cc1ncsc1Cn1ccc2cc(OC(C)(C)C)ccc21. The van der Waals surface area contributed by atoms with Gasteiger partial charge in [0.15, 0.2) is 0 Å². The second kappa shape index (κ2) is 5.19. The quantitative estimate of drug-likeness (QED) is 0.705. The number of rotatable bonds is 3. The van der Waals surface area contributed by atoms with Crippen molar-refractivity contribution in [2.45, 2.75) is 39.8 Å². The molecular formula is C17H20N2OS. The molecule has 0 aliphatic carbocycles. The van der Waals surface area contributed by atoms with Gasteiger partial charge in [-0.15, -0.1) is 11.3 Å². The third-order valence-electron chi connectivity index (χ3n) is 3.33. The molecule has 3 aromatic rings. The van der Waals surface area contributed by atoms with E-state index >= 15 is 0 Å². The van der Waals surface area contributed by atoms with E-state index < -0.39 is 0 Å². The van der Waals surface area contributed by atoms with Gasteiger partial charge in [0.25, 0.3) is 0 Å². The summed E-state index contributed by atoms with van der Waals surface area (Å²) in [4.78, 5) is 5.62. The number of fused-ring (bicyclic) bond motifs is 1. The second-order valence-electron chi connectivity index (χ2n) is 6.24. The maximum absolute atomic E-state index is 5.93. The van der Waals surface area contributed by atoms with Gasteiger partial charge in [-0.05, 0) is 52.0 Å². The molecule has 2 heterocycles. The van der Waals surface area contributed by atoms with Crippen LogP contribution in [0.2, 0.25) is 0 Å². The zero-order valence-corrected chi connectivity index (χ0v) is 13.7. The first kappa shape index (κ1) is 14.1. The van der Waals surface area contributed by atoms with Crippen molar-refractivity contribution >= 4 is 22.2 Å². The van der Waals surface area contributed by atoms with Gasteiger partial charge in [0, 0.05) is 22.0 Å². The Morgan fingerprint density at radius 1 is 1.24 bits per heavy atom. The minimum absolute atomic E-state index is 0.171. The molecule has 0 saturated carbocycles. The van der Waals surface area contributed by atoms with Crippen molar-refractivity contribution in [1.82, 2.24) is 9.55 Å². The van der Waals surface area contributed by atoms with Crippen LogP contribution in [0.1, 0.15) is 31.3 Å². The van der Waals surface area contributed by atoms with E-state index in [0.717, 1.165) is 18.0 Å². The highest BCUT2D eigenvalue weighted by Gasteiger charge is 2.13. The number of benzene rings is 1. The summed E-state index contributed by atoms with van der Waals surface area (Å²) in [5.74, 6) is 0.918. The zero-order valence-electron chi connectivity index (χ0n) is 12.9. The van der Waals surface area contributed by atoms with Crippen LogP contribution in [-0.4, -0.2) is 15.2 Å². The van der Waals surface area contributed by atoms with Crippen molar-refractivity contribution in [3.05, 3.63) is 46.5 Å². The van der Waals surface area contributed by atoms with Crippen LogP contribution in [0.3, 0.4) is 0 Å². The Bertz CT molecular complexity index is 765. The van der Waals surface area contributed by atoms with E-state index in [-0.39, 0.29) is 5.60 Å². The van der Waals surface area contributed by atoms with Crippen LogP contribution in [-0.2, 0) is 6.54 Å². The fourth-order valence-electron chi connectivity index (χ4n) is 2.37. The standard InChI is InChI=1S/C17H20N2OS/c1-12-16(21-11-18-12)10-19-8-7-13-9-14(5-6-15(13)19)20-17(2,3)4/h5-9,11H,10H2,1-4H3. The maximum atomic E-state index is 5.93. The molecule has 0 saturated heterocycles. The van der Waals surface area contributed by atoms with E-state index in [0.29, 0.717) is 0 Å². The fourth-order valence-corrected chi connectivity index (χ4v) is 3.14. The van der Waals surface area contributed by atoms with Gasteiger partial charge in [0.2, 0.25) is 0 Å². The summed E-state index contributed by atoms with van der Waals surface area (Å²) in [6.45, 7) is 9.13. The monoisotopic (exact) mass is 300 g/mol. The van der Waals surface area contributed by atoms with E-state index in [9.17, 15) is 0 Å². The molecule has 0 fully saturated rings. The summed E-state index contributed by atoms with van der Waals surface area (Å²) < 4.78 is 8.19. The Morgan fingerprint density at radius 2 is 2.05 bits per heavy atom. The van der Waals surface area contributed by atoms with Gasteiger partial charge in [0.1, 0.15) is 11.4 Å². The summed E-state index contributed by atoms with van der Waals surface area (Å²) in [5, 5.41) is 1.21. The van der Waals surface area contributed by atoms with Crippen LogP contribution in [0.15, 0.2) is 36.0 Å². The molecule has 0 amide bonds. The third-order valence-corrected chi connectivity index (χ3v) is 4.25. The number of hydrogen-bond donors (Lipinski definition) is 0. The van der Waals surface area contributed by atoms with Crippen molar-refractivity contribution in [1.29, 1.82) is 0 Å². The summed E-state index contributed by atoms with van der Waals surface area (Å²) in [6, 6.07) is 8.42. The van der Waals surface area contributed by atoms with Gasteiger partial charge < -0.3 is 9.30 Å². The number of ether oxygens (including phenoxy) is 1. The summed E-state index contributed by atoms with van der Waals surface area (Å²) in [7, 11) is 0. The van der Waals surface area contributed by atoms with Crippen molar-refractivity contribution < 1.29 is 4.74 Å². The molecule has 0 spiro atoms. The molecule has 3 nitrogen and oxygen atoms in total. The second-order valence-corrected chi connectivity index (χ2v) is 7.18. The van der Waals surface area contributed by atoms with Crippen LogP contribution in [0.25, 0.3) is 10.9 Å². The molecule has 0 N–H and O–H groups in total. The van der Waals surface area contributed by atoms with Gasteiger partial charge in [0.05, 0.1) is 17.7 Å². The van der Waals surface area contributed by atoms with Crippen LogP contribution in [0.4, 0.5) is 0 Å². The lowest BCUT2D eigenvalue weighted by Crippen LogP contribution is -2.22. The summed E-state index contributed by atoms with van der Waals surface area (Å²) in [6.07, 6.45) is 2.13. The topological polar surface area (TPSA) is 27.1 Å². The van der Waals surface area contributed by atoms with Crippen molar-refractivity contribution in [3.63, 3.8) is 0 Å². The van der Waals surface area contributed by atoms with Crippen LogP contribution >= 0.6 is 11.3 Å². The molecule has 4 heteroatoms. The predicted molar refractivity (Wildman–Crippen MR) is 88.3 cm³/mol. The molecule has 3 rings (SSSR count). The number of aryl methyl sites for hydroxylation is 1. The van der Waals surface area contributed by atoms with Gasteiger partial charge in [-0.2, -0.15) is 0 Å². The molecule has 0 unspecified atom stereocenters. The number of hydrogen-bond acceptors (Lipinski definition) is 3. The minimum atomic E-state index is -0.171.